The summed E-state index contributed by atoms with van der Waals surface area (Å²) in [7, 11) is 2.71. The van der Waals surface area contributed by atoms with E-state index in [1.807, 2.05) is 0 Å². The quantitative estimate of drug-likeness (QED) is 0.797. The molecule has 4 nitrogen and oxygen atoms in total. The summed E-state index contributed by atoms with van der Waals surface area (Å²) in [6.45, 7) is 0. The van der Waals surface area contributed by atoms with Gasteiger partial charge in [-0.05, 0) is 23.8 Å². The Bertz CT molecular complexity index is 596. The van der Waals surface area contributed by atoms with Crippen LogP contribution in [0.2, 0.25) is 0 Å². The van der Waals surface area contributed by atoms with Gasteiger partial charge < -0.3 is 9.47 Å². The second-order valence-corrected chi connectivity index (χ2v) is 3.78. The second-order valence-electron chi connectivity index (χ2n) is 3.78. The summed E-state index contributed by atoms with van der Waals surface area (Å²) in [4.78, 5) is 15.7. The Labute approximate surface area is 109 Å². The van der Waals surface area contributed by atoms with Gasteiger partial charge in [-0.3, -0.25) is 0 Å². The van der Waals surface area contributed by atoms with Crippen molar-refractivity contribution in [1.82, 2.24) is 4.98 Å². The second kappa shape index (κ2) is 5.48. The molecule has 0 amide bonds. The van der Waals surface area contributed by atoms with Gasteiger partial charge in [0, 0.05) is 11.8 Å². The van der Waals surface area contributed by atoms with Crippen molar-refractivity contribution in [3.05, 3.63) is 47.9 Å². The summed E-state index contributed by atoms with van der Waals surface area (Å²) < 4.78 is 22.5. The lowest BCUT2D eigenvalue weighted by atomic mass is 10.1. The maximum Gasteiger partial charge on any atom is 0.343 e. The molecule has 1 heterocycles. The Hall–Kier alpha value is -2.43. The fourth-order valence-electron chi connectivity index (χ4n) is 1.67. The number of aromatic nitrogens is 1. The van der Waals surface area contributed by atoms with Gasteiger partial charge >= 0.3 is 5.97 Å². The molecule has 0 spiro atoms. The van der Waals surface area contributed by atoms with E-state index in [1.54, 1.807) is 24.4 Å². The molecule has 1 aromatic heterocycles. The fourth-order valence-corrected chi connectivity index (χ4v) is 1.67. The van der Waals surface area contributed by atoms with E-state index in [0.717, 1.165) is 5.56 Å². The van der Waals surface area contributed by atoms with Crippen molar-refractivity contribution in [2.75, 3.05) is 14.2 Å². The zero-order valence-electron chi connectivity index (χ0n) is 10.5. The Morgan fingerprint density at radius 1 is 1.16 bits per heavy atom. The number of benzene rings is 1. The first-order valence-electron chi connectivity index (χ1n) is 5.54. The van der Waals surface area contributed by atoms with Crippen molar-refractivity contribution in [1.29, 1.82) is 0 Å². The molecule has 98 valence electrons. The van der Waals surface area contributed by atoms with Gasteiger partial charge in [0.1, 0.15) is 11.4 Å². The van der Waals surface area contributed by atoms with Crippen molar-refractivity contribution < 1.29 is 18.7 Å². The summed E-state index contributed by atoms with van der Waals surface area (Å²) >= 11 is 0. The first-order valence-corrected chi connectivity index (χ1v) is 5.54. The number of carbonyl (C=O) groups is 1. The van der Waals surface area contributed by atoms with E-state index in [1.165, 1.54) is 26.4 Å². The third-order valence-corrected chi connectivity index (χ3v) is 2.63. The summed E-state index contributed by atoms with van der Waals surface area (Å²) in [6.07, 6.45) is 1.55. The molecule has 0 aliphatic heterocycles. The number of pyridine rings is 1. The topological polar surface area (TPSA) is 48.4 Å². The molecule has 0 aliphatic carbocycles. The SMILES string of the molecule is COC(=O)c1cc(-c2ccc(F)cc2)cnc1OC. The molecule has 1 aromatic carbocycles. The van der Waals surface area contributed by atoms with Crippen LogP contribution < -0.4 is 4.74 Å². The standard InChI is InChI=1S/C14H12FNO3/c1-18-13-12(14(17)19-2)7-10(8-16-13)9-3-5-11(15)6-4-9/h3-8H,1-2H3. The lowest BCUT2D eigenvalue weighted by Gasteiger charge is -2.08. The Kier molecular flexibility index (Phi) is 3.75. The van der Waals surface area contributed by atoms with E-state index in [4.69, 9.17) is 4.74 Å². The summed E-state index contributed by atoms with van der Waals surface area (Å²) in [6, 6.07) is 7.51. The molecule has 0 atom stereocenters. The number of halogens is 1. The van der Waals surface area contributed by atoms with E-state index >= 15 is 0 Å². The van der Waals surface area contributed by atoms with Crippen LogP contribution in [0.1, 0.15) is 10.4 Å². The van der Waals surface area contributed by atoms with Crippen LogP contribution in [0.25, 0.3) is 11.1 Å². The molecule has 5 heteroatoms. The van der Waals surface area contributed by atoms with Gasteiger partial charge in [0.25, 0.3) is 0 Å². The molecular weight excluding hydrogens is 249 g/mol. The zero-order chi connectivity index (χ0) is 13.8. The van der Waals surface area contributed by atoms with Crippen molar-refractivity contribution in [2.45, 2.75) is 0 Å². The van der Waals surface area contributed by atoms with Crippen LogP contribution in [-0.2, 0) is 4.74 Å². The number of esters is 1. The lowest BCUT2D eigenvalue weighted by molar-refractivity contribution is 0.0596. The minimum Gasteiger partial charge on any atom is -0.480 e. The van der Waals surface area contributed by atoms with Crippen LogP contribution in [-0.4, -0.2) is 25.2 Å². The summed E-state index contributed by atoms with van der Waals surface area (Å²) in [5.41, 5.74) is 1.66. The number of rotatable bonds is 3. The molecule has 0 bridgehead atoms. The minimum atomic E-state index is -0.534. The number of methoxy groups -OCH3 is 2. The Morgan fingerprint density at radius 2 is 1.84 bits per heavy atom. The third-order valence-electron chi connectivity index (χ3n) is 2.63. The molecule has 0 radical (unpaired) electrons. The average Bonchev–Trinajstić information content (AvgIpc) is 2.46. The van der Waals surface area contributed by atoms with E-state index < -0.39 is 5.97 Å². The Balaban J connectivity index is 2.48. The van der Waals surface area contributed by atoms with Gasteiger partial charge in [-0.25, -0.2) is 14.2 Å². The Morgan fingerprint density at radius 3 is 2.42 bits per heavy atom. The maximum atomic E-state index is 12.9. The van der Waals surface area contributed by atoms with Gasteiger partial charge in [-0.15, -0.1) is 0 Å². The van der Waals surface area contributed by atoms with Crippen LogP contribution in [0.4, 0.5) is 4.39 Å². The smallest absolute Gasteiger partial charge is 0.343 e. The lowest BCUT2D eigenvalue weighted by Crippen LogP contribution is -2.05. The van der Waals surface area contributed by atoms with Crippen LogP contribution in [0.5, 0.6) is 5.88 Å². The van der Waals surface area contributed by atoms with Crippen LogP contribution in [0.15, 0.2) is 36.5 Å². The van der Waals surface area contributed by atoms with Crippen LogP contribution in [0, 0.1) is 5.82 Å². The number of nitrogens with zero attached hydrogens (tertiary/aromatic N) is 1. The molecule has 0 N–H and O–H groups in total. The van der Waals surface area contributed by atoms with Crippen LogP contribution >= 0.6 is 0 Å². The zero-order valence-corrected chi connectivity index (χ0v) is 10.5. The van der Waals surface area contributed by atoms with Crippen molar-refractivity contribution >= 4 is 5.97 Å². The molecule has 0 aliphatic rings. The van der Waals surface area contributed by atoms with E-state index in [2.05, 4.69) is 9.72 Å². The van der Waals surface area contributed by atoms with Crippen molar-refractivity contribution in [2.24, 2.45) is 0 Å². The summed E-state index contributed by atoms with van der Waals surface area (Å²) in [5, 5.41) is 0. The first kappa shape index (κ1) is 13.0. The normalized spacial score (nSPS) is 10.1. The molecule has 19 heavy (non-hydrogen) atoms. The minimum absolute atomic E-state index is 0.192. The average molecular weight is 261 g/mol. The van der Waals surface area contributed by atoms with Gasteiger partial charge in [0.2, 0.25) is 5.88 Å². The molecule has 0 saturated heterocycles. The van der Waals surface area contributed by atoms with E-state index in [-0.39, 0.29) is 17.3 Å². The number of carbonyl (C=O) groups excluding carboxylic acids is 1. The van der Waals surface area contributed by atoms with E-state index in [9.17, 15) is 9.18 Å². The molecule has 0 saturated carbocycles. The fraction of sp³-hybridized carbons (Fsp3) is 0.143. The van der Waals surface area contributed by atoms with Gasteiger partial charge in [-0.1, -0.05) is 12.1 Å². The third kappa shape index (κ3) is 2.70. The number of hydrogen-bond acceptors (Lipinski definition) is 4. The molecule has 2 aromatic rings. The maximum absolute atomic E-state index is 12.9. The molecule has 0 unspecified atom stereocenters. The number of hydrogen-bond donors (Lipinski definition) is 0. The highest BCUT2D eigenvalue weighted by atomic mass is 19.1. The van der Waals surface area contributed by atoms with Crippen molar-refractivity contribution in [3.63, 3.8) is 0 Å². The van der Waals surface area contributed by atoms with Gasteiger partial charge in [0.05, 0.1) is 14.2 Å². The molecular formula is C14H12FNO3. The molecule has 2 rings (SSSR count). The predicted molar refractivity (Wildman–Crippen MR) is 67.5 cm³/mol. The van der Waals surface area contributed by atoms with Gasteiger partial charge in [-0.2, -0.15) is 0 Å². The van der Waals surface area contributed by atoms with Crippen molar-refractivity contribution in [3.8, 4) is 17.0 Å². The first-order chi connectivity index (χ1) is 9.15. The highest BCUT2D eigenvalue weighted by Crippen LogP contribution is 2.25. The highest BCUT2D eigenvalue weighted by molar-refractivity contribution is 5.93. The summed E-state index contributed by atoms with van der Waals surface area (Å²) in [5.74, 6) is -0.663. The van der Waals surface area contributed by atoms with Gasteiger partial charge in [0.15, 0.2) is 0 Å². The predicted octanol–water partition coefficient (Wildman–Crippen LogP) is 2.68. The largest absolute Gasteiger partial charge is 0.480 e. The monoisotopic (exact) mass is 261 g/mol. The number of ether oxygens (including phenoxy) is 2. The molecule has 0 fully saturated rings. The van der Waals surface area contributed by atoms with Crippen LogP contribution in [0.3, 0.4) is 0 Å². The van der Waals surface area contributed by atoms with E-state index in [0.29, 0.717) is 5.56 Å². The highest BCUT2D eigenvalue weighted by Gasteiger charge is 2.15.